The summed E-state index contributed by atoms with van der Waals surface area (Å²) in [6, 6.07) is 5.81. The van der Waals surface area contributed by atoms with Crippen LogP contribution in [0.25, 0.3) is 0 Å². The Labute approximate surface area is 169 Å². The molecule has 0 heterocycles. The van der Waals surface area contributed by atoms with Gasteiger partial charge in [0.25, 0.3) is 0 Å². The average molecular weight is 390 g/mol. The summed E-state index contributed by atoms with van der Waals surface area (Å²) in [5.74, 6) is 3.07. The van der Waals surface area contributed by atoms with Crippen molar-refractivity contribution in [2.75, 3.05) is 41.0 Å². The lowest BCUT2D eigenvalue weighted by Crippen LogP contribution is -2.48. The fraction of sp³-hybridized carbons (Fsp3) is 0.652. The molecule has 1 aromatic carbocycles. The van der Waals surface area contributed by atoms with Crippen LogP contribution in [-0.2, 0) is 11.3 Å². The van der Waals surface area contributed by atoms with Crippen LogP contribution in [0.4, 0.5) is 0 Å². The van der Waals surface area contributed by atoms with Crippen LogP contribution in [0.5, 0.6) is 11.5 Å². The fourth-order valence-electron chi connectivity index (χ4n) is 4.70. The first-order valence-electron chi connectivity index (χ1n) is 10.2. The molecule has 28 heavy (non-hydrogen) atoms. The number of allylic oxidation sites excluding steroid dienone is 1. The number of likely N-dealkylation sites (N-methyl/N-ethyl adjacent to an activating group) is 1. The van der Waals surface area contributed by atoms with Gasteiger partial charge in [0.1, 0.15) is 11.5 Å². The number of methoxy groups -OCH3 is 2. The molecule has 3 aliphatic carbocycles. The van der Waals surface area contributed by atoms with E-state index in [-0.39, 0.29) is 0 Å². The van der Waals surface area contributed by atoms with Crippen molar-refractivity contribution in [3.8, 4) is 11.5 Å². The minimum atomic E-state index is -0.513. The lowest BCUT2D eigenvalue weighted by molar-refractivity contribution is -0.0257. The van der Waals surface area contributed by atoms with Crippen molar-refractivity contribution >= 4 is 0 Å². The predicted molar refractivity (Wildman–Crippen MR) is 111 cm³/mol. The maximum atomic E-state index is 10.4. The summed E-state index contributed by atoms with van der Waals surface area (Å²) in [4.78, 5) is 2.08. The lowest BCUT2D eigenvalue weighted by atomic mass is 9.49. The maximum absolute atomic E-state index is 10.4. The van der Waals surface area contributed by atoms with Crippen LogP contribution in [0, 0.1) is 17.3 Å². The SMILES string of the molecule is COc1ccc(CN(C)C[C@@H](O)COCC2=CC[C@H]3C[C@H]2C3(C)C)c(OC)c1. The smallest absolute Gasteiger partial charge is 0.127 e. The summed E-state index contributed by atoms with van der Waals surface area (Å²) in [5, 5.41) is 10.4. The summed E-state index contributed by atoms with van der Waals surface area (Å²) in [5.41, 5.74) is 2.91. The summed E-state index contributed by atoms with van der Waals surface area (Å²) in [6.07, 6.45) is 4.33. The van der Waals surface area contributed by atoms with Crippen molar-refractivity contribution in [2.24, 2.45) is 17.3 Å². The zero-order valence-electron chi connectivity index (χ0n) is 17.9. The largest absolute Gasteiger partial charge is 0.497 e. The highest BCUT2D eigenvalue weighted by Crippen LogP contribution is 2.59. The summed E-state index contributed by atoms with van der Waals surface area (Å²) in [7, 11) is 5.30. The highest BCUT2D eigenvalue weighted by molar-refractivity contribution is 5.40. The van der Waals surface area contributed by atoms with Crippen molar-refractivity contribution in [1.29, 1.82) is 0 Å². The molecule has 5 heteroatoms. The number of aliphatic hydroxyl groups excluding tert-OH is 1. The van der Waals surface area contributed by atoms with Gasteiger partial charge in [-0.05, 0) is 48.8 Å². The second kappa shape index (κ2) is 8.85. The Balaban J connectivity index is 1.42. The molecule has 2 bridgehead atoms. The average Bonchev–Trinajstić information content (AvgIpc) is 2.68. The zero-order chi connectivity index (χ0) is 20.3. The zero-order valence-corrected chi connectivity index (χ0v) is 17.9. The number of nitrogens with zero attached hydrogens (tertiary/aromatic N) is 1. The first-order chi connectivity index (χ1) is 13.3. The number of fused-ring (bicyclic) bond motifs is 1. The molecule has 0 spiro atoms. The van der Waals surface area contributed by atoms with E-state index in [0.717, 1.165) is 23.0 Å². The van der Waals surface area contributed by atoms with Crippen molar-refractivity contribution in [3.63, 3.8) is 0 Å². The van der Waals surface area contributed by atoms with Crippen molar-refractivity contribution in [3.05, 3.63) is 35.4 Å². The van der Waals surface area contributed by atoms with Gasteiger partial charge in [0.15, 0.2) is 0 Å². The Hall–Kier alpha value is -1.56. The maximum Gasteiger partial charge on any atom is 0.127 e. The van der Waals surface area contributed by atoms with E-state index < -0.39 is 6.10 Å². The number of rotatable bonds is 10. The molecule has 1 fully saturated rings. The van der Waals surface area contributed by atoms with Crippen LogP contribution in [0.3, 0.4) is 0 Å². The van der Waals surface area contributed by atoms with Gasteiger partial charge >= 0.3 is 0 Å². The van der Waals surface area contributed by atoms with Gasteiger partial charge in [-0.2, -0.15) is 0 Å². The van der Waals surface area contributed by atoms with Gasteiger partial charge in [-0.1, -0.05) is 26.0 Å². The second-order valence-electron chi connectivity index (χ2n) is 8.86. The third kappa shape index (κ3) is 4.53. The fourth-order valence-corrected chi connectivity index (χ4v) is 4.70. The number of hydrogen-bond donors (Lipinski definition) is 1. The van der Waals surface area contributed by atoms with E-state index in [0.29, 0.717) is 37.6 Å². The second-order valence-corrected chi connectivity index (χ2v) is 8.86. The van der Waals surface area contributed by atoms with Crippen LogP contribution in [0.15, 0.2) is 29.8 Å². The lowest BCUT2D eigenvalue weighted by Gasteiger charge is -2.56. The highest BCUT2D eigenvalue weighted by Gasteiger charge is 2.50. The Morgan fingerprint density at radius 2 is 2.04 bits per heavy atom. The molecule has 4 rings (SSSR count). The Morgan fingerprint density at radius 3 is 2.68 bits per heavy atom. The van der Waals surface area contributed by atoms with Gasteiger partial charge in [-0.3, -0.25) is 4.90 Å². The monoisotopic (exact) mass is 389 g/mol. The number of benzene rings is 1. The van der Waals surface area contributed by atoms with Gasteiger partial charge in [0, 0.05) is 24.7 Å². The molecule has 0 amide bonds. The molecule has 1 saturated carbocycles. The molecule has 0 aliphatic heterocycles. The van der Waals surface area contributed by atoms with E-state index in [9.17, 15) is 5.11 Å². The number of aliphatic hydroxyl groups is 1. The normalized spacial score (nSPS) is 23.8. The van der Waals surface area contributed by atoms with E-state index >= 15 is 0 Å². The number of ether oxygens (including phenoxy) is 3. The molecular formula is C23H35NO4. The standard InChI is InChI=1S/C23H35NO4/c1-23(2)18-8-6-17(21(23)10-18)14-28-15-19(25)13-24(3)12-16-7-9-20(26-4)11-22(16)27-5/h6-7,9,11,18-19,21,25H,8,10,12-15H2,1-5H3/t18-,19+,21+/m0/s1. The van der Waals surface area contributed by atoms with E-state index in [4.69, 9.17) is 14.2 Å². The van der Waals surface area contributed by atoms with Gasteiger partial charge in [-0.15, -0.1) is 0 Å². The highest BCUT2D eigenvalue weighted by atomic mass is 16.5. The minimum Gasteiger partial charge on any atom is -0.497 e. The van der Waals surface area contributed by atoms with Crippen molar-refractivity contribution in [2.45, 2.75) is 39.3 Å². The van der Waals surface area contributed by atoms with E-state index in [2.05, 4.69) is 24.8 Å². The predicted octanol–water partition coefficient (Wildman–Crippen LogP) is 3.51. The van der Waals surface area contributed by atoms with Gasteiger partial charge < -0.3 is 19.3 Å². The van der Waals surface area contributed by atoms with E-state index in [1.165, 1.54) is 18.4 Å². The molecule has 5 nitrogen and oxygen atoms in total. The topological polar surface area (TPSA) is 51.2 Å². The molecule has 1 aromatic rings. The van der Waals surface area contributed by atoms with Gasteiger partial charge in [-0.25, -0.2) is 0 Å². The Morgan fingerprint density at radius 1 is 1.25 bits per heavy atom. The third-order valence-corrected chi connectivity index (χ3v) is 6.62. The van der Waals surface area contributed by atoms with Crippen LogP contribution in [0.1, 0.15) is 32.3 Å². The number of hydrogen-bond acceptors (Lipinski definition) is 5. The first kappa shape index (κ1) is 21.2. The van der Waals surface area contributed by atoms with Crippen LogP contribution < -0.4 is 9.47 Å². The Kier molecular flexibility index (Phi) is 6.69. The molecule has 3 atom stereocenters. The van der Waals surface area contributed by atoms with Crippen LogP contribution in [0.2, 0.25) is 0 Å². The van der Waals surface area contributed by atoms with Crippen LogP contribution in [-0.4, -0.2) is 57.1 Å². The molecular weight excluding hydrogens is 354 g/mol. The van der Waals surface area contributed by atoms with E-state index in [1.807, 2.05) is 25.2 Å². The molecule has 0 unspecified atom stereocenters. The molecule has 1 N–H and O–H groups in total. The molecule has 0 radical (unpaired) electrons. The molecule has 156 valence electrons. The van der Waals surface area contributed by atoms with Crippen molar-refractivity contribution < 1.29 is 19.3 Å². The van der Waals surface area contributed by atoms with Gasteiger partial charge in [0.2, 0.25) is 0 Å². The van der Waals surface area contributed by atoms with E-state index in [1.54, 1.807) is 14.2 Å². The minimum absolute atomic E-state index is 0.359. The first-order valence-corrected chi connectivity index (χ1v) is 10.2. The Bertz CT molecular complexity index is 700. The summed E-state index contributed by atoms with van der Waals surface area (Å²) < 4.78 is 16.6. The quantitative estimate of drug-likeness (QED) is 0.621. The van der Waals surface area contributed by atoms with Gasteiger partial charge in [0.05, 0.1) is 33.5 Å². The molecule has 3 aliphatic rings. The third-order valence-electron chi connectivity index (χ3n) is 6.62. The van der Waals surface area contributed by atoms with Crippen LogP contribution >= 0.6 is 0 Å². The summed E-state index contributed by atoms with van der Waals surface area (Å²) >= 11 is 0. The van der Waals surface area contributed by atoms with Crippen molar-refractivity contribution in [1.82, 2.24) is 4.90 Å². The summed E-state index contributed by atoms with van der Waals surface area (Å²) in [6.45, 7) is 6.98. The molecule has 0 aromatic heterocycles. The molecule has 0 saturated heterocycles.